The van der Waals surface area contributed by atoms with Crippen LogP contribution in [0.25, 0.3) is 0 Å². The van der Waals surface area contributed by atoms with Gasteiger partial charge in [0.05, 0.1) is 4.92 Å². The summed E-state index contributed by atoms with van der Waals surface area (Å²) < 4.78 is 0. The van der Waals surface area contributed by atoms with Crippen LogP contribution in [0.5, 0.6) is 0 Å². The maximum atomic E-state index is 11.6. The Morgan fingerprint density at radius 2 is 2.21 bits per heavy atom. The standard InChI is InChI=1S/C11H12N4O4/c1-6-2-4-8(15(18)19)10(12-6)13-7-3-5-9(16)14-11(7)17/h2,4,7H,3,5H2,1H3,(H,12,13)(H,14,16,17). The third-order valence-electron chi connectivity index (χ3n) is 2.76. The van der Waals surface area contributed by atoms with Gasteiger partial charge >= 0.3 is 5.69 Å². The molecule has 8 heteroatoms. The zero-order valence-corrected chi connectivity index (χ0v) is 10.2. The Kier molecular flexibility index (Phi) is 3.41. The predicted octanol–water partition coefficient (Wildman–Crippen LogP) is 0.515. The second kappa shape index (κ2) is 5.01. The van der Waals surface area contributed by atoms with Crippen molar-refractivity contribution in [3.05, 3.63) is 27.9 Å². The Morgan fingerprint density at radius 1 is 1.47 bits per heavy atom. The third-order valence-corrected chi connectivity index (χ3v) is 2.76. The second-order valence-corrected chi connectivity index (χ2v) is 4.23. The van der Waals surface area contributed by atoms with Gasteiger partial charge in [0, 0.05) is 18.2 Å². The zero-order valence-electron chi connectivity index (χ0n) is 10.2. The van der Waals surface area contributed by atoms with Crippen molar-refractivity contribution >= 4 is 23.3 Å². The summed E-state index contributed by atoms with van der Waals surface area (Å²) in [6.07, 6.45) is 0.487. The van der Waals surface area contributed by atoms with Gasteiger partial charge in [-0.05, 0) is 19.4 Å². The lowest BCUT2D eigenvalue weighted by atomic mass is 10.1. The Morgan fingerprint density at radius 3 is 2.84 bits per heavy atom. The number of hydrogen-bond donors (Lipinski definition) is 2. The molecule has 1 aliphatic rings. The molecule has 0 spiro atoms. The molecule has 2 heterocycles. The number of anilines is 1. The van der Waals surface area contributed by atoms with Crippen LogP contribution in [0.2, 0.25) is 0 Å². The maximum absolute atomic E-state index is 11.6. The molecular weight excluding hydrogens is 252 g/mol. The number of piperidine rings is 1. The Hall–Kier alpha value is -2.51. The van der Waals surface area contributed by atoms with Crippen LogP contribution in [-0.2, 0) is 9.59 Å². The van der Waals surface area contributed by atoms with Crippen LogP contribution in [0.4, 0.5) is 11.5 Å². The molecule has 1 aromatic rings. The van der Waals surface area contributed by atoms with Gasteiger partial charge in [-0.15, -0.1) is 0 Å². The highest BCUT2D eigenvalue weighted by Crippen LogP contribution is 2.23. The number of hydrogen-bond acceptors (Lipinski definition) is 6. The maximum Gasteiger partial charge on any atom is 0.311 e. The molecule has 1 atom stereocenters. The lowest BCUT2D eigenvalue weighted by molar-refractivity contribution is -0.384. The molecular formula is C11H12N4O4. The number of rotatable bonds is 3. The molecule has 2 N–H and O–H groups in total. The molecule has 1 fully saturated rings. The average molecular weight is 264 g/mol. The lowest BCUT2D eigenvalue weighted by Crippen LogP contribution is -2.47. The van der Waals surface area contributed by atoms with E-state index in [2.05, 4.69) is 15.6 Å². The highest BCUT2D eigenvalue weighted by molar-refractivity contribution is 6.01. The van der Waals surface area contributed by atoms with Crippen molar-refractivity contribution in [1.29, 1.82) is 0 Å². The van der Waals surface area contributed by atoms with Gasteiger partial charge in [0.15, 0.2) is 0 Å². The molecule has 1 aliphatic heterocycles. The normalized spacial score (nSPS) is 18.9. The molecule has 100 valence electrons. The predicted molar refractivity (Wildman–Crippen MR) is 65.4 cm³/mol. The van der Waals surface area contributed by atoms with Gasteiger partial charge in [0.2, 0.25) is 17.6 Å². The number of imide groups is 1. The number of pyridine rings is 1. The summed E-state index contributed by atoms with van der Waals surface area (Å²) in [5.41, 5.74) is 0.399. The Balaban J connectivity index is 2.23. The van der Waals surface area contributed by atoms with Crippen LogP contribution in [0.3, 0.4) is 0 Å². The van der Waals surface area contributed by atoms with Crippen molar-refractivity contribution in [2.45, 2.75) is 25.8 Å². The van der Waals surface area contributed by atoms with E-state index in [1.54, 1.807) is 6.92 Å². The molecule has 0 bridgehead atoms. The van der Waals surface area contributed by atoms with Gasteiger partial charge in [-0.2, -0.15) is 0 Å². The van der Waals surface area contributed by atoms with Crippen molar-refractivity contribution in [1.82, 2.24) is 10.3 Å². The highest BCUT2D eigenvalue weighted by Gasteiger charge is 2.28. The van der Waals surface area contributed by atoms with Gasteiger partial charge in [-0.1, -0.05) is 0 Å². The number of nitrogens with one attached hydrogen (secondary N) is 2. The van der Waals surface area contributed by atoms with Crippen molar-refractivity contribution in [3.63, 3.8) is 0 Å². The first-order valence-corrected chi connectivity index (χ1v) is 5.69. The molecule has 2 amide bonds. The van der Waals surface area contributed by atoms with Gasteiger partial charge in [0.25, 0.3) is 0 Å². The van der Waals surface area contributed by atoms with E-state index >= 15 is 0 Å². The molecule has 1 aromatic heterocycles. The lowest BCUT2D eigenvalue weighted by Gasteiger charge is -2.22. The number of nitrogens with zero attached hydrogens (tertiary/aromatic N) is 2. The number of carbonyl (C=O) groups excluding carboxylic acids is 2. The molecule has 0 aromatic carbocycles. The summed E-state index contributed by atoms with van der Waals surface area (Å²) in [6.45, 7) is 1.69. The van der Waals surface area contributed by atoms with Crippen LogP contribution in [0.1, 0.15) is 18.5 Å². The zero-order chi connectivity index (χ0) is 14.0. The van der Waals surface area contributed by atoms with Crippen molar-refractivity contribution in [2.75, 3.05) is 5.32 Å². The summed E-state index contributed by atoms with van der Waals surface area (Å²) in [6, 6.07) is 2.16. The molecule has 0 saturated carbocycles. The second-order valence-electron chi connectivity index (χ2n) is 4.23. The highest BCUT2D eigenvalue weighted by atomic mass is 16.6. The Bertz CT molecular complexity index is 558. The average Bonchev–Trinajstić information content (AvgIpc) is 2.32. The van der Waals surface area contributed by atoms with E-state index in [9.17, 15) is 19.7 Å². The number of carbonyl (C=O) groups is 2. The minimum Gasteiger partial charge on any atom is -0.353 e. The first-order chi connectivity index (χ1) is 8.97. The fraction of sp³-hybridized carbons (Fsp3) is 0.364. The van der Waals surface area contributed by atoms with Gasteiger partial charge in [-0.25, -0.2) is 4.98 Å². The molecule has 1 unspecified atom stereocenters. The Labute approximate surface area is 108 Å². The molecule has 8 nitrogen and oxygen atoms in total. The van der Waals surface area contributed by atoms with Crippen LogP contribution in [0, 0.1) is 17.0 Å². The molecule has 19 heavy (non-hydrogen) atoms. The van der Waals surface area contributed by atoms with E-state index in [1.807, 2.05) is 0 Å². The smallest absolute Gasteiger partial charge is 0.311 e. The largest absolute Gasteiger partial charge is 0.353 e. The summed E-state index contributed by atoms with van der Waals surface area (Å²) in [4.78, 5) is 36.9. The number of amides is 2. The molecule has 1 saturated heterocycles. The summed E-state index contributed by atoms with van der Waals surface area (Å²) in [5.74, 6) is -0.789. The summed E-state index contributed by atoms with van der Waals surface area (Å²) in [7, 11) is 0. The number of aryl methyl sites for hydroxylation is 1. The topological polar surface area (TPSA) is 114 Å². The van der Waals surface area contributed by atoms with Gasteiger partial charge < -0.3 is 5.32 Å². The minimum absolute atomic E-state index is 0.0412. The van der Waals surface area contributed by atoms with Crippen molar-refractivity contribution < 1.29 is 14.5 Å². The summed E-state index contributed by atoms with van der Waals surface area (Å²) in [5, 5.41) is 15.8. The van der Waals surface area contributed by atoms with E-state index < -0.39 is 16.9 Å². The van der Waals surface area contributed by atoms with Crippen molar-refractivity contribution in [2.24, 2.45) is 0 Å². The van der Waals surface area contributed by atoms with E-state index in [0.29, 0.717) is 5.69 Å². The van der Waals surface area contributed by atoms with E-state index in [-0.39, 0.29) is 30.3 Å². The van der Waals surface area contributed by atoms with Crippen LogP contribution >= 0.6 is 0 Å². The fourth-order valence-electron chi connectivity index (χ4n) is 1.80. The number of aromatic nitrogens is 1. The monoisotopic (exact) mass is 264 g/mol. The van der Waals surface area contributed by atoms with E-state index in [4.69, 9.17) is 0 Å². The van der Waals surface area contributed by atoms with Gasteiger partial charge in [-0.3, -0.25) is 25.0 Å². The summed E-state index contributed by atoms with van der Waals surface area (Å²) >= 11 is 0. The molecule has 0 aliphatic carbocycles. The SMILES string of the molecule is Cc1ccc([N+](=O)[O-])c(NC2CCC(=O)NC2=O)n1. The molecule has 0 radical (unpaired) electrons. The number of nitro groups is 1. The van der Waals surface area contributed by atoms with Crippen LogP contribution in [0.15, 0.2) is 12.1 Å². The van der Waals surface area contributed by atoms with Gasteiger partial charge in [0.1, 0.15) is 6.04 Å². The first kappa shape index (κ1) is 12.9. The van der Waals surface area contributed by atoms with Crippen LogP contribution in [-0.4, -0.2) is 27.8 Å². The minimum atomic E-state index is -0.689. The van der Waals surface area contributed by atoms with Crippen LogP contribution < -0.4 is 10.6 Å². The van der Waals surface area contributed by atoms with Crippen molar-refractivity contribution in [3.8, 4) is 0 Å². The third kappa shape index (κ3) is 2.84. The molecule has 2 rings (SSSR count). The van der Waals surface area contributed by atoms with E-state index in [1.165, 1.54) is 12.1 Å². The van der Waals surface area contributed by atoms with E-state index in [0.717, 1.165) is 0 Å². The fourth-order valence-corrected chi connectivity index (χ4v) is 1.80. The quantitative estimate of drug-likeness (QED) is 0.467. The first-order valence-electron chi connectivity index (χ1n) is 5.69.